The average Bonchev–Trinajstić information content (AvgIpc) is 3.50. The van der Waals surface area contributed by atoms with Crippen molar-refractivity contribution in [3.8, 4) is 11.3 Å². The number of ether oxygens (including phenoxy) is 1. The van der Waals surface area contributed by atoms with Crippen molar-refractivity contribution in [3.63, 3.8) is 0 Å². The van der Waals surface area contributed by atoms with Crippen LogP contribution in [-0.2, 0) is 14.3 Å². The van der Waals surface area contributed by atoms with Crippen LogP contribution in [-0.4, -0.2) is 52.2 Å². The van der Waals surface area contributed by atoms with Gasteiger partial charge in [-0.2, -0.15) is 0 Å². The zero-order valence-electron chi connectivity index (χ0n) is 21.1. The zero-order chi connectivity index (χ0) is 28.8. The number of carboxylic acid groups (broad SMARTS) is 1. The molecule has 3 aromatic rings. The van der Waals surface area contributed by atoms with E-state index in [9.17, 15) is 29.1 Å². The monoisotopic (exact) mass is 582 g/mol. The highest BCUT2D eigenvalue weighted by molar-refractivity contribution is 8.18. The van der Waals surface area contributed by atoms with Crippen molar-refractivity contribution in [3.05, 3.63) is 81.4 Å². The van der Waals surface area contributed by atoms with E-state index in [1.807, 2.05) is 6.92 Å². The molecule has 2 aromatic carbocycles. The molecule has 1 aromatic heterocycles. The Morgan fingerprint density at radius 1 is 1.12 bits per heavy atom. The number of furan rings is 1. The van der Waals surface area contributed by atoms with Crippen LogP contribution in [0.2, 0.25) is 5.02 Å². The Labute approximate surface area is 237 Å². The summed E-state index contributed by atoms with van der Waals surface area (Å²) >= 11 is 6.76. The molecule has 12 heteroatoms. The van der Waals surface area contributed by atoms with E-state index in [0.29, 0.717) is 29.5 Å². The predicted molar refractivity (Wildman–Crippen MR) is 149 cm³/mol. The van der Waals surface area contributed by atoms with Crippen LogP contribution in [0.5, 0.6) is 0 Å². The number of esters is 1. The number of aromatic carboxylic acids is 1. The van der Waals surface area contributed by atoms with E-state index in [2.05, 4.69) is 5.32 Å². The van der Waals surface area contributed by atoms with Gasteiger partial charge in [0.15, 0.2) is 0 Å². The highest BCUT2D eigenvalue weighted by Crippen LogP contribution is 2.33. The van der Waals surface area contributed by atoms with Crippen LogP contribution in [0.15, 0.2) is 63.9 Å². The predicted octanol–water partition coefficient (Wildman–Crippen LogP) is 5.93. The summed E-state index contributed by atoms with van der Waals surface area (Å²) < 4.78 is 10.9. The van der Waals surface area contributed by atoms with E-state index in [1.165, 1.54) is 36.4 Å². The van der Waals surface area contributed by atoms with E-state index in [1.54, 1.807) is 24.3 Å². The fourth-order valence-corrected chi connectivity index (χ4v) is 4.66. The van der Waals surface area contributed by atoms with Gasteiger partial charge in [-0.1, -0.05) is 37.1 Å². The third-order valence-electron chi connectivity index (χ3n) is 5.67. The Bertz CT molecular complexity index is 1530. The second-order valence-electron chi connectivity index (χ2n) is 8.59. The van der Waals surface area contributed by atoms with Crippen LogP contribution < -0.4 is 5.32 Å². The van der Waals surface area contributed by atoms with Gasteiger partial charge in [0.2, 0.25) is 5.91 Å². The fraction of sp³-hybridized carbons (Fsp3) is 0.179. The van der Waals surface area contributed by atoms with Crippen LogP contribution in [0.4, 0.5) is 10.5 Å². The van der Waals surface area contributed by atoms with Crippen molar-refractivity contribution in [2.24, 2.45) is 0 Å². The summed E-state index contributed by atoms with van der Waals surface area (Å²) in [5, 5.41) is 11.3. The van der Waals surface area contributed by atoms with Gasteiger partial charge in [-0.25, -0.2) is 9.59 Å². The molecule has 10 nitrogen and oxygen atoms in total. The van der Waals surface area contributed by atoms with Crippen LogP contribution in [0, 0.1) is 0 Å². The first-order valence-corrected chi connectivity index (χ1v) is 13.3. The van der Waals surface area contributed by atoms with Gasteiger partial charge in [0.05, 0.1) is 27.7 Å². The third kappa shape index (κ3) is 6.80. The number of imide groups is 1. The van der Waals surface area contributed by atoms with Gasteiger partial charge < -0.3 is 19.6 Å². The lowest BCUT2D eigenvalue weighted by Crippen LogP contribution is -2.36. The molecule has 0 unspecified atom stereocenters. The van der Waals surface area contributed by atoms with E-state index >= 15 is 0 Å². The standard InChI is InChI=1S/C28H23ClN2O8S/c1-2-3-11-38-27(36)20-13-18(7-9-21(20)29)30-24(32)15-31-25(33)23(40-28(31)37)14-19-8-10-22(39-19)16-5-4-6-17(12-16)26(34)35/h4-10,12-14H,2-3,11,15H2,1H3,(H,30,32)(H,34,35)/b23-14+. The van der Waals surface area contributed by atoms with Crippen molar-refractivity contribution in [2.75, 3.05) is 18.5 Å². The SMILES string of the molecule is CCCCOC(=O)c1cc(NC(=O)CN2C(=O)S/C(=C/c3ccc(-c4cccc(C(=O)O)c4)o3)C2=O)ccc1Cl. The molecule has 206 valence electrons. The summed E-state index contributed by atoms with van der Waals surface area (Å²) in [6.45, 7) is 1.65. The number of unbranched alkanes of at least 4 members (excludes halogenated alkanes) is 1. The van der Waals surface area contributed by atoms with Crippen molar-refractivity contribution in [2.45, 2.75) is 19.8 Å². The summed E-state index contributed by atoms with van der Waals surface area (Å²) in [5.74, 6) is -2.38. The maximum Gasteiger partial charge on any atom is 0.339 e. The van der Waals surface area contributed by atoms with Gasteiger partial charge in [0.1, 0.15) is 18.1 Å². The largest absolute Gasteiger partial charge is 0.478 e. The molecule has 0 saturated carbocycles. The molecule has 0 aliphatic carbocycles. The summed E-state index contributed by atoms with van der Waals surface area (Å²) in [7, 11) is 0. The number of thioether (sulfide) groups is 1. The molecule has 0 atom stereocenters. The summed E-state index contributed by atoms with van der Waals surface area (Å²) in [4.78, 5) is 62.4. The average molecular weight is 583 g/mol. The summed E-state index contributed by atoms with van der Waals surface area (Å²) in [5.41, 5.74) is 0.951. The number of halogens is 1. The normalized spacial score (nSPS) is 14.1. The Morgan fingerprint density at radius 2 is 1.93 bits per heavy atom. The quantitative estimate of drug-likeness (QED) is 0.169. The minimum atomic E-state index is -1.08. The van der Waals surface area contributed by atoms with Gasteiger partial charge in [-0.05, 0) is 60.6 Å². The molecular weight excluding hydrogens is 560 g/mol. The first-order chi connectivity index (χ1) is 19.2. The smallest absolute Gasteiger partial charge is 0.339 e. The molecule has 0 radical (unpaired) electrons. The van der Waals surface area contributed by atoms with Crippen molar-refractivity contribution >= 4 is 64.1 Å². The number of nitrogens with zero attached hydrogens (tertiary/aromatic N) is 1. The Morgan fingerprint density at radius 3 is 2.67 bits per heavy atom. The molecule has 40 heavy (non-hydrogen) atoms. The number of carbonyl (C=O) groups excluding carboxylic acids is 4. The van der Waals surface area contributed by atoms with E-state index < -0.39 is 35.5 Å². The second-order valence-corrected chi connectivity index (χ2v) is 9.99. The number of carboxylic acids is 1. The molecule has 2 N–H and O–H groups in total. The number of hydrogen-bond acceptors (Lipinski definition) is 8. The van der Waals surface area contributed by atoms with Crippen LogP contribution in [0.25, 0.3) is 17.4 Å². The highest BCUT2D eigenvalue weighted by atomic mass is 35.5. The van der Waals surface area contributed by atoms with E-state index in [-0.39, 0.29) is 39.1 Å². The van der Waals surface area contributed by atoms with Crippen LogP contribution in [0.1, 0.15) is 46.2 Å². The fourth-order valence-electron chi connectivity index (χ4n) is 3.65. The number of nitrogens with one attached hydrogen (secondary N) is 1. The second kappa shape index (κ2) is 12.7. The van der Waals surface area contributed by atoms with Crippen molar-refractivity contribution in [1.82, 2.24) is 4.90 Å². The molecule has 2 heterocycles. The Kier molecular flexibility index (Phi) is 9.08. The highest BCUT2D eigenvalue weighted by Gasteiger charge is 2.36. The number of rotatable bonds is 10. The van der Waals surface area contributed by atoms with Gasteiger partial charge in [0, 0.05) is 17.3 Å². The lowest BCUT2D eigenvalue weighted by Gasteiger charge is -2.13. The third-order valence-corrected chi connectivity index (χ3v) is 6.91. The maximum atomic E-state index is 12.9. The van der Waals surface area contributed by atoms with Crippen LogP contribution in [0.3, 0.4) is 0 Å². The van der Waals surface area contributed by atoms with E-state index in [0.717, 1.165) is 11.3 Å². The minimum absolute atomic E-state index is 0.0570. The summed E-state index contributed by atoms with van der Waals surface area (Å²) in [6, 6.07) is 13.7. The first kappa shape index (κ1) is 28.7. The molecule has 4 rings (SSSR count). The van der Waals surface area contributed by atoms with E-state index in [4.69, 9.17) is 20.8 Å². The molecule has 1 aliphatic heterocycles. The number of hydrogen-bond donors (Lipinski definition) is 2. The Balaban J connectivity index is 1.41. The van der Waals surface area contributed by atoms with Crippen molar-refractivity contribution in [1.29, 1.82) is 0 Å². The number of carbonyl (C=O) groups is 5. The van der Waals surface area contributed by atoms with Crippen LogP contribution >= 0.6 is 23.4 Å². The number of benzene rings is 2. The maximum absolute atomic E-state index is 12.9. The zero-order valence-corrected chi connectivity index (χ0v) is 22.7. The van der Waals surface area contributed by atoms with Gasteiger partial charge in [-0.15, -0.1) is 0 Å². The molecule has 1 fully saturated rings. The minimum Gasteiger partial charge on any atom is -0.478 e. The summed E-state index contributed by atoms with van der Waals surface area (Å²) in [6.07, 6.45) is 2.93. The first-order valence-electron chi connectivity index (χ1n) is 12.1. The van der Waals surface area contributed by atoms with Gasteiger partial charge >= 0.3 is 11.9 Å². The molecule has 3 amide bonds. The topological polar surface area (TPSA) is 143 Å². The molecule has 1 aliphatic rings. The lowest BCUT2D eigenvalue weighted by atomic mass is 10.1. The molecule has 0 spiro atoms. The lowest BCUT2D eigenvalue weighted by molar-refractivity contribution is -0.127. The molecule has 1 saturated heterocycles. The van der Waals surface area contributed by atoms with Gasteiger partial charge in [-0.3, -0.25) is 19.3 Å². The molecular formula is C28H23ClN2O8S. The molecule has 0 bridgehead atoms. The number of anilines is 1. The number of amides is 3. The van der Waals surface area contributed by atoms with Gasteiger partial charge in [0.25, 0.3) is 11.1 Å². The van der Waals surface area contributed by atoms with Crippen molar-refractivity contribution < 1.29 is 38.2 Å². The Hall–Kier alpha value is -4.35.